The van der Waals surface area contributed by atoms with Gasteiger partial charge in [-0.05, 0) is 30.4 Å². The van der Waals surface area contributed by atoms with Crippen molar-refractivity contribution in [2.75, 3.05) is 0 Å². The third-order valence-corrected chi connectivity index (χ3v) is 9.57. The van der Waals surface area contributed by atoms with Gasteiger partial charge in [-0.3, -0.25) is 24.0 Å². The Morgan fingerprint density at radius 3 is 0.400 bits per heavy atom. The first-order valence-electron chi connectivity index (χ1n) is 14.5. The molecule has 0 radical (unpaired) electrons. The van der Waals surface area contributed by atoms with Gasteiger partial charge in [-0.15, -0.1) is 0 Å². The van der Waals surface area contributed by atoms with E-state index in [-0.39, 0.29) is 29.5 Å². The molecule has 0 atom stereocenters. The van der Waals surface area contributed by atoms with Crippen LogP contribution >= 0.6 is 0 Å². The highest BCUT2D eigenvalue weighted by Gasteiger charge is 2.09. The second-order valence-corrected chi connectivity index (χ2v) is 40.8. The molecule has 0 aliphatic carbocycles. The summed E-state index contributed by atoms with van der Waals surface area (Å²) < 4.78 is 0. The maximum Gasteiger partial charge on any atom is 0.240 e. The van der Waals surface area contributed by atoms with E-state index >= 15 is 0 Å². The van der Waals surface area contributed by atoms with Crippen molar-refractivity contribution in [3.8, 4) is 0 Å². The van der Waals surface area contributed by atoms with E-state index in [1.807, 2.05) is 28.5 Å². The molecule has 15 heteroatoms. The van der Waals surface area contributed by atoms with Crippen molar-refractivity contribution in [1.82, 2.24) is 0 Å². The Kier molecular flexibility index (Phi) is 28.0. The summed E-state index contributed by atoms with van der Waals surface area (Å²) in [4.78, 5) is 51.0. The summed E-state index contributed by atoms with van der Waals surface area (Å²) in [6.45, 7) is 32.2. The quantitative estimate of drug-likeness (QED) is 0.162. The van der Waals surface area contributed by atoms with E-state index < -0.39 is 40.4 Å². The first-order chi connectivity index (χ1) is 19.6. The number of primary amides is 5. The third kappa shape index (κ3) is 85.6. The zero-order valence-electron chi connectivity index (χ0n) is 30.7. The summed E-state index contributed by atoms with van der Waals surface area (Å²) in [6.07, 6.45) is 7.25. The lowest BCUT2D eigenvalue weighted by Gasteiger charge is -2.06. The summed E-state index contributed by atoms with van der Waals surface area (Å²) in [5.74, 6) is -1.75. The lowest BCUT2D eigenvalue weighted by atomic mass is 10.6. The van der Waals surface area contributed by atoms with Gasteiger partial charge in [0.1, 0.15) is 0 Å². The smallest absolute Gasteiger partial charge is 0.240 e. The van der Waals surface area contributed by atoms with E-state index in [1.165, 1.54) is 30.4 Å². The number of carbonyl (C=O) groups excluding carboxylic acids is 5. The van der Waals surface area contributed by atoms with E-state index in [2.05, 4.69) is 98.2 Å². The van der Waals surface area contributed by atoms with Crippen LogP contribution in [0.15, 0.2) is 58.9 Å². The number of hydrogen-bond donors (Lipinski definition) is 5. The highest BCUT2D eigenvalue weighted by Crippen LogP contribution is 2.03. The van der Waals surface area contributed by atoms with Gasteiger partial charge in [-0.2, -0.15) is 0 Å². The van der Waals surface area contributed by atoms with Crippen LogP contribution in [-0.2, 0) is 24.0 Å². The van der Waals surface area contributed by atoms with Crippen LogP contribution in [0.2, 0.25) is 98.2 Å². The average molecular weight is 716 g/mol. The molecule has 260 valence electrons. The maximum atomic E-state index is 10.2. The van der Waals surface area contributed by atoms with Crippen molar-refractivity contribution in [1.29, 1.82) is 0 Å². The van der Waals surface area contributed by atoms with Crippen LogP contribution in [0.4, 0.5) is 0 Å². The molecule has 45 heavy (non-hydrogen) atoms. The maximum absolute atomic E-state index is 10.2. The number of nitrogens with two attached hydrogens (primary N) is 5. The predicted molar refractivity (Wildman–Crippen MR) is 208 cm³/mol. The summed E-state index contributed by atoms with van der Waals surface area (Å²) in [7, 11) is -6.01. The molecule has 0 bridgehead atoms. The number of hydrogen-bond acceptors (Lipinski definition) is 5. The predicted octanol–water partition coefficient (Wildman–Crippen LogP) is 4.53. The molecule has 0 aromatic carbocycles. The fourth-order valence-corrected chi connectivity index (χ4v) is 4.98. The van der Waals surface area contributed by atoms with Crippen LogP contribution in [0.1, 0.15) is 0 Å². The molecule has 0 fully saturated rings. The van der Waals surface area contributed by atoms with E-state index in [0.29, 0.717) is 0 Å². The Morgan fingerprint density at radius 1 is 0.289 bits per heavy atom. The van der Waals surface area contributed by atoms with E-state index in [9.17, 15) is 24.0 Å². The minimum Gasteiger partial charge on any atom is -0.366 e. The Balaban J connectivity index is -0.000000148. The van der Waals surface area contributed by atoms with Crippen molar-refractivity contribution in [3.63, 3.8) is 0 Å². The number of rotatable bonds is 10. The van der Waals surface area contributed by atoms with Gasteiger partial charge in [0.25, 0.3) is 0 Å². The molecule has 5 amide bonds. The SMILES string of the molecule is C[Si](C)(C)/C=C/C(N)=O.C[Si](C)(C)/C=C/C(N)=O.C[Si](C)(C)/C=C/C(N)=O.C[Si](C)(C)/C=C/C(N)=O.C[Si](C)(C)/C=C/C(N)=O. The Hall–Kier alpha value is -2.87. The van der Waals surface area contributed by atoms with Gasteiger partial charge in [0.2, 0.25) is 29.5 Å². The molecule has 0 aromatic heterocycles. The van der Waals surface area contributed by atoms with Crippen molar-refractivity contribution in [2.45, 2.75) is 98.2 Å². The first-order valence-corrected chi connectivity index (χ1v) is 32.4. The zero-order chi connectivity index (χ0) is 37.5. The number of amides is 5. The molecule has 0 unspecified atom stereocenters. The Morgan fingerprint density at radius 2 is 0.378 bits per heavy atom. The average Bonchev–Trinajstić information content (AvgIpc) is 2.77. The molecular formula is C30H65N5O5Si5. The molecule has 0 rings (SSSR count). The molecule has 0 aliphatic heterocycles. The van der Waals surface area contributed by atoms with Crippen LogP contribution in [-0.4, -0.2) is 69.9 Å². The molecule has 0 heterocycles. The topological polar surface area (TPSA) is 215 Å². The van der Waals surface area contributed by atoms with Crippen LogP contribution in [0.25, 0.3) is 0 Å². The monoisotopic (exact) mass is 715 g/mol. The van der Waals surface area contributed by atoms with Crippen molar-refractivity contribution >= 4 is 69.9 Å². The minimum atomic E-state index is -1.20. The standard InChI is InChI=1S/5C6H13NOSi/c5*1-9(2,3)5-4-6(7)8/h5*4-5H,1-3H3,(H2,7,8)/b5*5-4+. The van der Waals surface area contributed by atoms with Crippen LogP contribution in [0.5, 0.6) is 0 Å². The van der Waals surface area contributed by atoms with E-state index in [1.54, 1.807) is 0 Å². The lowest BCUT2D eigenvalue weighted by molar-refractivity contribution is -0.114. The molecule has 0 saturated heterocycles. The molecular weight excluding hydrogens is 651 g/mol. The Bertz CT molecular complexity index is 870. The van der Waals surface area contributed by atoms with E-state index in [4.69, 9.17) is 28.7 Å². The highest BCUT2D eigenvalue weighted by molar-refractivity contribution is 6.82. The summed E-state index contributed by atoms with van der Waals surface area (Å²) in [5.41, 5.74) is 34.1. The van der Waals surface area contributed by atoms with Gasteiger partial charge in [0.15, 0.2) is 0 Å². The molecule has 0 saturated carbocycles. The molecule has 0 spiro atoms. The normalized spacial score (nSPS) is 12.3. The lowest BCUT2D eigenvalue weighted by Crippen LogP contribution is -2.17. The summed E-state index contributed by atoms with van der Waals surface area (Å²) in [5, 5.41) is 0. The third-order valence-electron chi connectivity index (χ3n) is 3.74. The molecule has 0 aromatic rings. The highest BCUT2D eigenvalue weighted by atomic mass is 28.3. The zero-order valence-corrected chi connectivity index (χ0v) is 35.7. The first kappa shape index (κ1) is 51.7. The fraction of sp³-hybridized carbons (Fsp3) is 0.500. The second-order valence-electron chi connectivity index (χ2n) is 15.5. The largest absolute Gasteiger partial charge is 0.366 e. The van der Waals surface area contributed by atoms with Crippen molar-refractivity contribution in [2.24, 2.45) is 28.7 Å². The van der Waals surface area contributed by atoms with Gasteiger partial charge in [-0.1, -0.05) is 127 Å². The van der Waals surface area contributed by atoms with E-state index in [0.717, 1.165) is 0 Å². The second kappa shape index (κ2) is 24.4. The van der Waals surface area contributed by atoms with Gasteiger partial charge >= 0.3 is 0 Å². The van der Waals surface area contributed by atoms with Gasteiger partial charge in [0, 0.05) is 0 Å². The van der Waals surface area contributed by atoms with Crippen molar-refractivity contribution < 1.29 is 24.0 Å². The summed E-state index contributed by atoms with van der Waals surface area (Å²) >= 11 is 0. The molecule has 10 nitrogen and oxygen atoms in total. The molecule has 0 aliphatic rings. The summed E-state index contributed by atoms with van der Waals surface area (Å²) in [6, 6.07) is 0. The van der Waals surface area contributed by atoms with Crippen LogP contribution < -0.4 is 28.7 Å². The minimum absolute atomic E-state index is 0.350. The van der Waals surface area contributed by atoms with Crippen LogP contribution in [0.3, 0.4) is 0 Å². The Labute approximate surface area is 278 Å². The van der Waals surface area contributed by atoms with Gasteiger partial charge < -0.3 is 28.7 Å². The van der Waals surface area contributed by atoms with Crippen molar-refractivity contribution in [3.05, 3.63) is 58.9 Å². The molecule has 10 N–H and O–H groups in total. The fourth-order valence-electron chi connectivity index (χ4n) is 1.66. The van der Waals surface area contributed by atoms with Gasteiger partial charge in [-0.25, -0.2) is 0 Å². The number of carbonyl (C=O) groups is 5. The van der Waals surface area contributed by atoms with Crippen LogP contribution in [0, 0.1) is 0 Å². The van der Waals surface area contributed by atoms with Gasteiger partial charge in [0.05, 0.1) is 40.4 Å².